The van der Waals surface area contributed by atoms with E-state index in [0.717, 1.165) is 11.1 Å². The Kier molecular flexibility index (Phi) is 6.43. The molecule has 1 aromatic heterocycles. The molecular weight excluding hydrogens is 436 g/mol. The van der Waals surface area contributed by atoms with Crippen LogP contribution in [0.3, 0.4) is 0 Å². The van der Waals surface area contributed by atoms with E-state index in [2.05, 4.69) is 28.9 Å². The summed E-state index contributed by atoms with van der Waals surface area (Å²) in [5, 5.41) is 8.87. The number of rotatable bonds is 6. The van der Waals surface area contributed by atoms with Crippen molar-refractivity contribution in [3.8, 4) is 11.5 Å². The lowest BCUT2D eigenvalue weighted by atomic mass is 10.0. The Bertz CT molecular complexity index is 1120. The highest BCUT2D eigenvalue weighted by atomic mass is 35.5. The average Bonchev–Trinajstić information content (AvgIpc) is 3.23. The number of halogens is 1. The summed E-state index contributed by atoms with van der Waals surface area (Å²) in [6, 6.07) is 14.4. The van der Waals surface area contributed by atoms with Crippen molar-refractivity contribution in [2.45, 2.75) is 31.2 Å². The molecule has 9 heteroatoms. The first-order valence-corrected chi connectivity index (χ1v) is 12.1. The summed E-state index contributed by atoms with van der Waals surface area (Å²) in [4.78, 5) is 2.46. The lowest BCUT2D eigenvalue weighted by Crippen LogP contribution is -2.48. The lowest BCUT2D eigenvalue weighted by molar-refractivity contribution is 0.168. The Hall–Kier alpha value is -2.26. The maximum atomic E-state index is 13.0. The minimum atomic E-state index is -3.49. The number of hydrogen-bond donors (Lipinski definition) is 0. The molecule has 0 radical (unpaired) electrons. The average molecular weight is 461 g/mol. The van der Waals surface area contributed by atoms with Gasteiger partial charge >= 0.3 is 0 Å². The van der Waals surface area contributed by atoms with E-state index in [1.54, 1.807) is 28.6 Å². The standard InChI is InChI=1S/C22H25ClN4O3S/c1-16(2)17-5-9-20(10-6-17)31(28,29)27-13-11-26(12-14-27)15-21-24-25-22(30-21)18-3-7-19(23)8-4-18/h3-10,16H,11-15H2,1-2H3. The van der Waals surface area contributed by atoms with Crippen LogP contribution in [-0.4, -0.2) is 54.0 Å². The van der Waals surface area contributed by atoms with Gasteiger partial charge in [0.25, 0.3) is 0 Å². The van der Waals surface area contributed by atoms with Crippen LogP contribution in [0.15, 0.2) is 57.8 Å². The first-order valence-electron chi connectivity index (χ1n) is 10.2. The van der Waals surface area contributed by atoms with E-state index in [-0.39, 0.29) is 0 Å². The molecule has 3 aromatic rings. The monoisotopic (exact) mass is 460 g/mol. The topological polar surface area (TPSA) is 79.5 Å². The fourth-order valence-corrected chi connectivity index (χ4v) is 5.07. The van der Waals surface area contributed by atoms with Crippen LogP contribution in [0.25, 0.3) is 11.5 Å². The molecule has 4 rings (SSSR count). The Morgan fingerprint density at radius 1 is 0.968 bits per heavy atom. The fourth-order valence-electron chi connectivity index (χ4n) is 3.52. The molecule has 1 saturated heterocycles. The summed E-state index contributed by atoms with van der Waals surface area (Å²) in [5.41, 5.74) is 1.93. The predicted molar refractivity (Wildman–Crippen MR) is 119 cm³/mol. The second-order valence-electron chi connectivity index (χ2n) is 7.91. The molecule has 0 unspecified atom stereocenters. The second kappa shape index (κ2) is 9.08. The Balaban J connectivity index is 1.36. The summed E-state index contributed by atoms with van der Waals surface area (Å²) in [6.07, 6.45) is 0. The zero-order chi connectivity index (χ0) is 22.0. The molecular formula is C22H25ClN4O3S. The largest absolute Gasteiger partial charge is 0.419 e. The van der Waals surface area contributed by atoms with Crippen molar-refractivity contribution in [2.24, 2.45) is 0 Å². The van der Waals surface area contributed by atoms with Crippen LogP contribution < -0.4 is 0 Å². The highest BCUT2D eigenvalue weighted by Gasteiger charge is 2.29. The van der Waals surface area contributed by atoms with E-state index in [1.165, 1.54) is 0 Å². The number of sulfonamides is 1. The minimum Gasteiger partial charge on any atom is -0.419 e. The molecule has 0 atom stereocenters. The molecule has 1 fully saturated rings. The van der Waals surface area contributed by atoms with Gasteiger partial charge in [0.15, 0.2) is 0 Å². The van der Waals surface area contributed by atoms with Crippen LogP contribution in [0.4, 0.5) is 0 Å². The Morgan fingerprint density at radius 3 is 2.23 bits per heavy atom. The molecule has 0 amide bonds. The van der Waals surface area contributed by atoms with Crippen LogP contribution in [0.2, 0.25) is 5.02 Å². The third kappa shape index (κ3) is 4.98. The summed E-state index contributed by atoms with van der Waals surface area (Å²) >= 11 is 5.92. The van der Waals surface area contributed by atoms with Crippen LogP contribution in [0.5, 0.6) is 0 Å². The van der Waals surface area contributed by atoms with E-state index in [4.69, 9.17) is 16.0 Å². The number of nitrogens with zero attached hydrogens (tertiary/aromatic N) is 4. The highest BCUT2D eigenvalue weighted by molar-refractivity contribution is 7.89. The molecule has 31 heavy (non-hydrogen) atoms. The van der Waals surface area contributed by atoms with Crippen molar-refractivity contribution in [1.82, 2.24) is 19.4 Å². The van der Waals surface area contributed by atoms with Gasteiger partial charge in [-0.25, -0.2) is 8.42 Å². The molecule has 7 nitrogen and oxygen atoms in total. The van der Waals surface area contributed by atoms with Crippen LogP contribution in [0, 0.1) is 0 Å². The van der Waals surface area contributed by atoms with Gasteiger partial charge in [-0.1, -0.05) is 37.6 Å². The van der Waals surface area contributed by atoms with Gasteiger partial charge in [0, 0.05) is 36.8 Å². The van der Waals surface area contributed by atoms with E-state index in [9.17, 15) is 8.42 Å². The number of benzene rings is 2. The molecule has 0 saturated carbocycles. The predicted octanol–water partition coefficient (Wildman–Crippen LogP) is 4.02. The summed E-state index contributed by atoms with van der Waals surface area (Å²) in [7, 11) is -3.49. The number of aromatic nitrogens is 2. The number of hydrogen-bond acceptors (Lipinski definition) is 6. The molecule has 2 aromatic carbocycles. The van der Waals surface area contributed by atoms with E-state index in [0.29, 0.717) is 60.3 Å². The Morgan fingerprint density at radius 2 is 1.61 bits per heavy atom. The molecule has 164 valence electrons. The van der Waals surface area contributed by atoms with Gasteiger partial charge in [-0.3, -0.25) is 4.90 Å². The maximum Gasteiger partial charge on any atom is 0.247 e. The fraction of sp³-hybridized carbons (Fsp3) is 0.364. The van der Waals surface area contributed by atoms with Crippen molar-refractivity contribution in [3.63, 3.8) is 0 Å². The third-order valence-corrected chi connectivity index (χ3v) is 7.60. The minimum absolute atomic E-state index is 0.342. The van der Waals surface area contributed by atoms with Crippen molar-refractivity contribution >= 4 is 21.6 Å². The zero-order valence-electron chi connectivity index (χ0n) is 17.5. The van der Waals surface area contributed by atoms with Gasteiger partial charge in [-0.2, -0.15) is 4.31 Å². The van der Waals surface area contributed by atoms with Gasteiger partial charge in [0.05, 0.1) is 11.4 Å². The van der Waals surface area contributed by atoms with E-state index < -0.39 is 10.0 Å². The highest BCUT2D eigenvalue weighted by Crippen LogP contribution is 2.23. The first kappa shape index (κ1) is 22.0. The third-order valence-electron chi connectivity index (χ3n) is 5.43. The molecule has 2 heterocycles. The van der Waals surface area contributed by atoms with Gasteiger partial charge in [-0.15, -0.1) is 10.2 Å². The summed E-state index contributed by atoms with van der Waals surface area (Å²) in [5.74, 6) is 1.31. The van der Waals surface area contributed by atoms with Crippen molar-refractivity contribution in [2.75, 3.05) is 26.2 Å². The van der Waals surface area contributed by atoms with E-state index >= 15 is 0 Å². The molecule has 0 bridgehead atoms. The first-order chi connectivity index (χ1) is 14.8. The zero-order valence-corrected chi connectivity index (χ0v) is 19.1. The smallest absolute Gasteiger partial charge is 0.247 e. The van der Waals surface area contributed by atoms with Gasteiger partial charge in [0.2, 0.25) is 21.8 Å². The van der Waals surface area contributed by atoms with Crippen LogP contribution in [-0.2, 0) is 16.6 Å². The van der Waals surface area contributed by atoms with Crippen molar-refractivity contribution in [1.29, 1.82) is 0 Å². The van der Waals surface area contributed by atoms with E-state index in [1.807, 2.05) is 24.3 Å². The Labute approximate surface area is 187 Å². The second-order valence-corrected chi connectivity index (χ2v) is 10.3. The number of piperazine rings is 1. The van der Waals surface area contributed by atoms with Crippen molar-refractivity contribution < 1.29 is 12.8 Å². The quantitative estimate of drug-likeness (QED) is 0.552. The molecule has 1 aliphatic heterocycles. The van der Waals surface area contributed by atoms with Crippen LogP contribution in [0.1, 0.15) is 31.2 Å². The summed E-state index contributed by atoms with van der Waals surface area (Å²) in [6.45, 7) is 6.70. The van der Waals surface area contributed by atoms with Gasteiger partial charge in [-0.05, 0) is 47.9 Å². The van der Waals surface area contributed by atoms with Gasteiger partial charge in [0.1, 0.15) is 0 Å². The van der Waals surface area contributed by atoms with Crippen molar-refractivity contribution in [3.05, 3.63) is 65.0 Å². The molecule has 0 aliphatic carbocycles. The van der Waals surface area contributed by atoms with Gasteiger partial charge < -0.3 is 4.42 Å². The maximum absolute atomic E-state index is 13.0. The van der Waals surface area contributed by atoms with Crippen LogP contribution >= 0.6 is 11.6 Å². The summed E-state index contributed by atoms with van der Waals surface area (Å²) < 4.78 is 33.3. The molecule has 0 spiro atoms. The molecule has 1 aliphatic rings. The normalized spacial score (nSPS) is 16.1. The lowest BCUT2D eigenvalue weighted by Gasteiger charge is -2.33. The molecule has 0 N–H and O–H groups in total. The SMILES string of the molecule is CC(C)c1ccc(S(=O)(=O)N2CCN(Cc3nnc(-c4ccc(Cl)cc4)o3)CC2)cc1.